The Bertz CT molecular complexity index is 1030. The van der Waals surface area contributed by atoms with Crippen molar-refractivity contribution in [3.05, 3.63) is 64.6 Å². The number of aliphatic imine (C=N–C) groups is 1. The summed E-state index contributed by atoms with van der Waals surface area (Å²) in [6, 6.07) is 13.1. The first-order valence-electron chi connectivity index (χ1n) is 8.38. The Hall–Kier alpha value is -3.59. The van der Waals surface area contributed by atoms with Crippen LogP contribution in [0.2, 0.25) is 0 Å². The molecule has 0 atom stereocenters. The SMILES string of the molecule is CN(C1=NC(=O)/C(=C/c2ccc(OCC(=O)O)cc2)S1)c1ccccc1C(=O)O. The molecule has 29 heavy (non-hydrogen) atoms. The number of rotatable bonds is 6. The van der Waals surface area contributed by atoms with E-state index in [1.54, 1.807) is 60.5 Å². The molecule has 0 fully saturated rings. The summed E-state index contributed by atoms with van der Waals surface area (Å²) in [5.74, 6) is -2.15. The summed E-state index contributed by atoms with van der Waals surface area (Å²) < 4.78 is 5.07. The number of aliphatic carboxylic acids is 1. The van der Waals surface area contributed by atoms with Gasteiger partial charge in [-0.05, 0) is 47.7 Å². The lowest BCUT2D eigenvalue weighted by Gasteiger charge is -2.19. The average Bonchev–Trinajstić information content (AvgIpc) is 3.07. The van der Waals surface area contributed by atoms with Gasteiger partial charge < -0.3 is 19.8 Å². The predicted molar refractivity (Wildman–Crippen MR) is 109 cm³/mol. The van der Waals surface area contributed by atoms with Crippen molar-refractivity contribution < 1.29 is 29.3 Å². The smallest absolute Gasteiger partial charge is 0.341 e. The van der Waals surface area contributed by atoms with Crippen molar-refractivity contribution in [1.82, 2.24) is 0 Å². The summed E-state index contributed by atoms with van der Waals surface area (Å²) >= 11 is 1.14. The van der Waals surface area contributed by atoms with Gasteiger partial charge in [-0.25, -0.2) is 9.59 Å². The second-order valence-electron chi connectivity index (χ2n) is 5.94. The largest absolute Gasteiger partial charge is 0.482 e. The van der Waals surface area contributed by atoms with E-state index in [-0.39, 0.29) is 5.56 Å². The number of carbonyl (C=O) groups excluding carboxylic acids is 1. The number of nitrogens with zero attached hydrogens (tertiary/aromatic N) is 2. The van der Waals surface area contributed by atoms with Crippen LogP contribution in [0, 0.1) is 0 Å². The van der Waals surface area contributed by atoms with Gasteiger partial charge in [-0.2, -0.15) is 4.99 Å². The number of carbonyl (C=O) groups is 3. The summed E-state index contributed by atoms with van der Waals surface area (Å²) in [4.78, 5) is 40.2. The number of benzene rings is 2. The van der Waals surface area contributed by atoms with Crippen molar-refractivity contribution in [3.8, 4) is 5.75 Å². The lowest BCUT2D eigenvalue weighted by atomic mass is 10.1. The van der Waals surface area contributed by atoms with Crippen LogP contribution in [0.4, 0.5) is 5.69 Å². The molecule has 0 unspecified atom stereocenters. The Morgan fingerprint density at radius 3 is 2.48 bits per heavy atom. The van der Waals surface area contributed by atoms with Gasteiger partial charge in [-0.1, -0.05) is 24.3 Å². The Kier molecular flexibility index (Phi) is 5.99. The molecule has 2 N–H and O–H groups in total. The number of ether oxygens (including phenoxy) is 1. The van der Waals surface area contributed by atoms with Crippen LogP contribution in [0.25, 0.3) is 6.08 Å². The van der Waals surface area contributed by atoms with Crippen molar-refractivity contribution in [3.63, 3.8) is 0 Å². The highest BCUT2D eigenvalue weighted by Gasteiger charge is 2.26. The summed E-state index contributed by atoms with van der Waals surface area (Å²) in [7, 11) is 1.65. The summed E-state index contributed by atoms with van der Waals surface area (Å²) in [6.45, 7) is -0.434. The highest BCUT2D eigenvalue weighted by Crippen LogP contribution is 2.33. The Balaban J connectivity index is 1.75. The molecule has 1 amide bonds. The van der Waals surface area contributed by atoms with Gasteiger partial charge in [0.05, 0.1) is 16.2 Å². The lowest BCUT2D eigenvalue weighted by Crippen LogP contribution is -2.24. The van der Waals surface area contributed by atoms with Crippen LogP contribution >= 0.6 is 11.8 Å². The van der Waals surface area contributed by atoms with E-state index in [9.17, 15) is 19.5 Å². The van der Waals surface area contributed by atoms with Crippen molar-refractivity contribution in [2.75, 3.05) is 18.6 Å². The lowest BCUT2D eigenvalue weighted by molar-refractivity contribution is -0.139. The van der Waals surface area contributed by atoms with E-state index in [2.05, 4.69) is 4.99 Å². The van der Waals surface area contributed by atoms with Crippen LogP contribution in [0.3, 0.4) is 0 Å². The van der Waals surface area contributed by atoms with E-state index in [1.165, 1.54) is 6.07 Å². The zero-order valence-electron chi connectivity index (χ0n) is 15.2. The Labute approximate surface area is 170 Å². The summed E-state index contributed by atoms with van der Waals surface area (Å²) in [5, 5.41) is 18.3. The van der Waals surface area contributed by atoms with Gasteiger partial charge in [-0.3, -0.25) is 4.79 Å². The maximum atomic E-state index is 12.3. The van der Waals surface area contributed by atoms with Gasteiger partial charge in [0.25, 0.3) is 5.91 Å². The number of aromatic carboxylic acids is 1. The fourth-order valence-electron chi connectivity index (χ4n) is 2.55. The minimum atomic E-state index is -1.07. The van der Waals surface area contributed by atoms with Crippen LogP contribution in [0.15, 0.2) is 58.4 Å². The van der Waals surface area contributed by atoms with Crippen LogP contribution in [0.1, 0.15) is 15.9 Å². The van der Waals surface area contributed by atoms with Gasteiger partial charge in [0, 0.05) is 7.05 Å². The van der Waals surface area contributed by atoms with Crippen molar-refractivity contribution in [2.45, 2.75) is 0 Å². The zero-order chi connectivity index (χ0) is 21.0. The molecule has 0 aliphatic carbocycles. The molecule has 2 aromatic rings. The van der Waals surface area contributed by atoms with Gasteiger partial charge in [-0.15, -0.1) is 0 Å². The zero-order valence-corrected chi connectivity index (χ0v) is 16.0. The number of hydrogen-bond acceptors (Lipinski definition) is 6. The van der Waals surface area contributed by atoms with E-state index < -0.39 is 24.5 Å². The van der Waals surface area contributed by atoms with E-state index in [1.807, 2.05) is 0 Å². The van der Waals surface area contributed by atoms with Gasteiger partial charge in [0.15, 0.2) is 11.8 Å². The third kappa shape index (κ3) is 4.82. The molecule has 3 rings (SSSR count). The first-order valence-corrected chi connectivity index (χ1v) is 9.20. The van der Waals surface area contributed by atoms with Crippen molar-refractivity contribution >= 4 is 46.5 Å². The standard InChI is InChI=1S/C20H16N2O6S/c1-22(15-5-3-2-4-14(15)19(26)27)20-21-18(25)16(29-20)10-12-6-8-13(9-7-12)28-11-17(23)24/h2-10H,11H2,1H3,(H,23,24)(H,26,27)/b16-10-. The minimum absolute atomic E-state index is 0.111. The summed E-state index contributed by atoms with van der Waals surface area (Å²) in [5.41, 5.74) is 1.26. The third-order valence-electron chi connectivity index (χ3n) is 3.93. The van der Waals surface area contributed by atoms with Crippen LogP contribution < -0.4 is 9.64 Å². The second kappa shape index (κ2) is 8.61. The van der Waals surface area contributed by atoms with E-state index >= 15 is 0 Å². The number of amidine groups is 1. The normalized spacial score (nSPS) is 14.6. The van der Waals surface area contributed by atoms with Crippen molar-refractivity contribution in [1.29, 1.82) is 0 Å². The predicted octanol–water partition coefficient (Wildman–Crippen LogP) is 2.95. The Morgan fingerprint density at radius 1 is 1.14 bits per heavy atom. The number of amides is 1. The first-order chi connectivity index (χ1) is 13.8. The fourth-order valence-corrected chi connectivity index (χ4v) is 3.44. The first kappa shape index (κ1) is 20.2. The third-order valence-corrected chi connectivity index (χ3v) is 4.99. The molecule has 148 valence electrons. The molecular weight excluding hydrogens is 396 g/mol. The number of thioether (sulfide) groups is 1. The molecule has 0 spiro atoms. The molecule has 0 bridgehead atoms. The average molecular weight is 412 g/mol. The topological polar surface area (TPSA) is 117 Å². The van der Waals surface area contributed by atoms with Crippen LogP contribution in [-0.4, -0.2) is 46.9 Å². The molecule has 0 saturated carbocycles. The molecule has 0 radical (unpaired) electrons. The summed E-state index contributed by atoms with van der Waals surface area (Å²) in [6.07, 6.45) is 1.65. The Morgan fingerprint density at radius 2 is 1.83 bits per heavy atom. The number of anilines is 1. The molecule has 1 aliphatic heterocycles. The fraction of sp³-hybridized carbons (Fsp3) is 0.100. The molecule has 9 heteroatoms. The molecule has 1 heterocycles. The molecule has 0 aromatic heterocycles. The monoisotopic (exact) mass is 412 g/mol. The highest BCUT2D eigenvalue weighted by molar-refractivity contribution is 8.18. The number of para-hydroxylation sites is 1. The quantitative estimate of drug-likeness (QED) is 0.696. The van der Waals surface area contributed by atoms with Gasteiger partial charge in [0.1, 0.15) is 5.75 Å². The maximum Gasteiger partial charge on any atom is 0.341 e. The molecule has 2 aromatic carbocycles. The van der Waals surface area contributed by atoms with Crippen LogP contribution in [-0.2, 0) is 9.59 Å². The highest BCUT2D eigenvalue weighted by atomic mass is 32.2. The van der Waals surface area contributed by atoms with Crippen molar-refractivity contribution in [2.24, 2.45) is 4.99 Å². The molecule has 8 nitrogen and oxygen atoms in total. The van der Waals surface area contributed by atoms with E-state index in [0.29, 0.717) is 27.1 Å². The van der Waals surface area contributed by atoms with E-state index in [0.717, 1.165) is 11.8 Å². The molecular formula is C20H16N2O6S. The van der Waals surface area contributed by atoms with Gasteiger partial charge >= 0.3 is 11.9 Å². The number of carboxylic acid groups (broad SMARTS) is 2. The van der Waals surface area contributed by atoms with Crippen LogP contribution in [0.5, 0.6) is 5.75 Å². The second-order valence-corrected chi connectivity index (χ2v) is 6.95. The maximum absolute atomic E-state index is 12.3. The minimum Gasteiger partial charge on any atom is -0.482 e. The van der Waals surface area contributed by atoms with E-state index in [4.69, 9.17) is 9.84 Å². The number of carboxylic acids is 2. The molecule has 0 saturated heterocycles. The number of hydrogen-bond donors (Lipinski definition) is 2. The van der Waals surface area contributed by atoms with Gasteiger partial charge in [0.2, 0.25) is 0 Å². The molecule has 1 aliphatic rings.